The number of hydrogen-bond donors (Lipinski definition) is 1. The van der Waals surface area contributed by atoms with E-state index in [2.05, 4.69) is 0 Å². The van der Waals surface area contributed by atoms with Crippen LogP contribution in [0.3, 0.4) is 0 Å². The highest BCUT2D eigenvalue weighted by Gasteiger charge is 2.30. The highest BCUT2D eigenvalue weighted by Crippen LogP contribution is 2.31. The average Bonchev–Trinajstić information content (AvgIpc) is 2.14. The molecule has 0 aliphatic carbocycles. The van der Waals surface area contributed by atoms with Gasteiger partial charge in [0.1, 0.15) is 12.4 Å². The van der Waals surface area contributed by atoms with E-state index in [4.69, 9.17) is 10.5 Å². The first-order valence-corrected chi connectivity index (χ1v) is 4.45. The quantitative estimate of drug-likeness (QED) is 0.847. The van der Waals surface area contributed by atoms with E-state index in [1.807, 2.05) is 0 Å². The van der Waals surface area contributed by atoms with Crippen LogP contribution in [0.1, 0.15) is 12.5 Å². The Morgan fingerprint density at radius 1 is 1.40 bits per heavy atom. The summed E-state index contributed by atoms with van der Waals surface area (Å²) in [7, 11) is 0. The average molecular weight is 219 g/mol. The predicted molar refractivity (Wildman–Crippen MR) is 50.6 cm³/mol. The topological polar surface area (TPSA) is 35.2 Å². The first-order valence-electron chi connectivity index (χ1n) is 4.45. The smallest absolute Gasteiger partial charge is 0.416 e. The molecular formula is C10H12F3NO. The molecule has 0 amide bonds. The molecule has 0 spiro atoms. The second-order valence-corrected chi connectivity index (χ2v) is 3.31. The minimum absolute atomic E-state index is 0.183. The van der Waals surface area contributed by atoms with Crippen molar-refractivity contribution in [3.8, 4) is 5.75 Å². The van der Waals surface area contributed by atoms with Crippen LogP contribution in [-0.2, 0) is 6.18 Å². The largest absolute Gasteiger partial charge is 0.492 e. The van der Waals surface area contributed by atoms with Gasteiger partial charge in [-0.25, -0.2) is 0 Å². The summed E-state index contributed by atoms with van der Waals surface area (Å²) in [6.45, 7) is 1.91. The molecule has 0 unspecified atom stereocenters. The van der Waals surface area contributed by atoms with E-state index in [-0.39, 0.29) is 18.4 Å². The Hall–Kier alpha value is -1.23. The molecule has 84 valence electrons. The predicted octanol–water partition coefficient (Wildman–Crippen LogP) is 2.43. The lowest BCUT2D eigenvalue weighted by Crippen LogP contribution is -2.23. The maximum Gasteiger partial charge on any atom is 0.416 e. The molecule has 15 heavy (non-hydrogen) atoms. The Kier molecular flexibility index (Phi) is 3.57. The van der Waals surface area contributed by atoms with E-state index in [0.29, 0.717) is 0 Å². The molecule has 2 nitrogen and oxygen atoms in total. The van der Waals surface area contributed by atoms with Gasteiger partial charge in [0.15, 0.2) is 0 Å². The van der Waals surface area contributed by atoms with Crippen LogP contribution in [0, 0.1) is 0 Å². The summed E-state index contributed by atoms with van der Waals surface area (Å²) in [4.78, 5) is 0. The Balaban J connectivity index is 2.75. The van der Waals surface area contributed by atoms with Crippen LogP contribution < -0.4 is 10.5 Å². The van der Waals surface area contributed by atoms with Crippen molar-refractivity contribution >= 4 is 0 Å². The van der Waals surface area contributed by atoms with Gasteiger partial charge in [-0.1, -0.05) is 6.07 Å². The molecule has 0 aliphatic heterocycles. The van der Waals surface area contributed by atoms with Gasteiger partial charge in [-0.2, -0.15) is 13.2 Å². The van der Waals surface area contributed by atoms with E-state index in [0.717, 1.165) is 12.1 Å². The van der Waals surface area contributed by atoms with Gasteiger partial charge in [-0.3, -0.25) is 0 Å². The van der Waals surface area contributed by atoms with Crippen molar-refractivity contribution in [2.75, 3.05) is 6.61 Å². The second kappa shape index (κ2) is 4.53. The fourth-order valence-corrected chi connectivity index (χ4v) is 0.990. The fraction of sp³-hybridized carbons (Fsp3) is 0.400. The number of benzene rings is 1. The molecule has 2 N–H and O–H groups in total. The second-order valence-electron chi connectivity index (χ2n) is 3.31. The van der Waals surface area contributed by atoms with E-state index < -0.39 is 11.7 Å². The van der Waals surface area contributed by atoms with Crippen LogP contribution in [0.15, 0.2) is 24.3 Å². The number of alkyl halides is 3. The molecular weight excluding hydrogens is 207 g/mol. The molecule has 0 aliphatic rings. The Labute approximate surface area is 85.8 Å². The lowest BCUT2D eigenvalue weighted by Gasteiger charge is -2.11. The molecule has 0 heterocycles. The van der Waals surface area contributed by atoms with Gasteiger partial charge < -0.3 is 10.5 Å². The molecule has 0 fully saturated rings. The SMILES string of the molecule is C[C@@H](N)COc1cccc(C(F)(F)F)c1. The Morgan fingerprint density at radius 2 is 2.07 bits per heavy atom. The van der Waals surface area contributed by atoms with Gasteiger partial charge in [0.25, 0.3) is 0 Å². The number of hydrogen-bond acceptors (Lipinski definition) is 2. The summed E-state index contributed by atoms with van der Waals surface area (Å²) < 4.78 is 41.9. The highest BCUT2D eigenvalue weighted by molar-refractivity contribution is 5.30. The molecule has 5 heteroatoms. The monoisotopic (exact) mass is 219 g/mol. The summed E-state index contributed by atoms with van der Waals surface area (Å²) in [5.41, 5.74) is 4.70. The molecule has 0 radical (unpaired) electrons. The van der Waals surface area contributed by atoms with Gasteiger partial charge >= 0.3 is 6.18 Å². The molecule has 0 saturated heterocycles. The van der Waals surface area contributed by atoms with Gasteiger partial charge in [-0.05, 0) is 25.1 Å². The summed E-state index contributed by atoms with van der Waals surface area (Å²) in [5, 5.41) is 0. The van der Waals surface area contributed by atoms with E-state index in [9.17, 15) is 13.2 Å². The van der Waals surface area contributed by atoms with Crippen molar-refractivity contribution in [1.29, 1.82) is 0 Å². The third-order valence-electron chi connectivity index (χ3n) is 1.67. The van der Waals surface area contributed by atoms with Gasteiger partial charge in [0, 0.05) is 6.04 Å². The van der Waals surface area contributed by atoms with Gasteiger partial charge in [0.2, 0.25) is 0 Å². The maximum atomic E-state index is 12.3. The van der Waals surface area contributed by atoms with Crippen LogP contribution in [-0.4, -0.2) is 12.6 Å². The number of nitrogens with two attached hydrogens (primary N) is 1. The van der Waals surface area contributed by atoms with E-state index >= 15 is 0 Å². The zero-order chi connectivity index (χ0) is 11.5. The maximum absolute atomic E-state index is 12.3. The summed E-state index contributed by atoms with van der Waals surface area (Å²) in [5.74, 6) is 0.183. The Bertz CT molecular complexity index is 323. The summed E-state index contributed by atoms with van der Waals surface area (Å²) >= 11 is 0. The minimum atomic E-state index is -4.34. The van der Waals surface area contributed by atoms with E-state index in [1.165, 1.54) is 12.1 Å². The highest BCUT2D eigenvalue weighted by atomic mass is 19.4. The molecule has 1 aromatic rings. The summed E-state index contributed by atoms with van der Waals surface area (Å²) in [6, 6.07) is 4.53. The van der Waals surface area contributed by atoms with Gasteiger partial charge in [0.05, 0.1) is 5.56 Å². The summed E-state index contributed by atoms with van der Waals surface area (Å²) in [6.07, 6.45) is -4.34. The number of ether oxygens (including phenoxy) is 1. The number of halogens is 3. The van der Waals surface area contributed by atoms with Crippen molar-refractivity contribution in [3.05, 3.63) is 29.8 Å². The normalized spacial score (nSPS) is 13.7. The van der Waals surface area contributed by atoms with Crippen molar-refractivity contribution in [2.45, 2.75) is 19.1 Å². The van der Waals surface area contributed by atoms with Crippen molar-refractivity contribution in [2.24, 2.45) is 5.73 Å². The van der Waals surface area contributed by atoms with Crippen LogP contribution in [0.2, 0.25) is 0 Å². The first kappa shape index (κ1) is 11.8. The minimum Gasteiger partial charge on any atom is -0.492 e. The van der Waals surface area contributed by atoms with Crippen LogP contribution >= 0.6 is 0 Å². The first-order chi connectivity index (χ1) is 6.89. The Morgan fingerprint density at radius 3 is 2.60 bits per heavy atom. The van der Waals surface area contributed by atoms with Crippen LogP contribution in [0.4, 0.5) is 13.2 Å². The van der Waals surface area contributed by atoms with Crippen molar-refractivity contribution in [1.82, 2.24) is 0 Å². The molecule has 1 aromatic carbocycles. The van der Waals surface area contributed by atoms with Crippen LogP contribution in [0.25, 0.3) is 0 Å². The molecule has 1 rings (SSSR count). The zero-order valence-electron chi connectivity index (χ0n) is 8.21. The molecule has 0 aromatic heterocycles. The lowest BCUT2D eigenvalue weighted by molar-refractivity contribution is -0.137. The lowest BCUT2D eigenvalue weighted by atomic mass is 10.2. The van der Waals surface area contributed by atoms with Crippen molar-refractivity contribution < 1.29 is 17.9 Å². The zero-order valence-corrected chi connectivity index (χ0v) is 8.21. The molecule has 1 atom stereocenters. The standard InChI is InChI=1S/C10H12F3NO/c1-7(14)6-15-9-4-2-3-8(5-9)10(11,12)13/h2-5,7H,6,14H2,1H3/t7-/m1/s1. The van der Waals surface area contributed by atoms with E-state index in [1.54, 1.807) is 6.92 Å². The third kappa shape index (κ3) is 3.79. The molecule has 0 bridgehead atoms. The fourth-order valence-electron chi connectivity index (χ4n) is 0.990. The van der Waals surface area contributed by atoms with Crippen molar-refractivity contribution in [3.63, 3.8) is 0 Å². The third-order valence-corrected chi connectivity index (χ3v) is 1.67. The van der Waals surface area contributed by atoms with Crippen LogP contribution in [0.5, 0.6) is 5.75 Å². The molecule has 0 saturated carbocycles. The van der Waals surface area contributed by atoms with Gasteiger partial charge in [-0.15, -0.1) is 0 Å². The number of rotatable bonds is 3.